The Balaban J connectivity index is 2.71. The van der Waals surface area contributed by atoms with E-state index in [1.165, 1.54) is 27.4 Å². The van der Waals surface area contributed by atoms with Crippen molar-refractivity contribution in [3.63, 3.8) is 0 Å². The summed E-state index contributed by atoms with van der Waals surface area (Å²) >= 11 is 0. The Morgan fingerprint density at radius 3 is 2.30 bits per heavy atom. The number of rotatable bonds is 3. The Labute approximate surface area is 132 Å². The lowest BCUT2D eigenvalue weighted by Crippen LogP contribution is -2.12. The molecule has 0 saturated carbocycles. The Morgan fingerprint density at radius 1 is 1.00 bits per heavy atom. The number of nitrogens with zero attached hydrogens (tertiary/aromatic N) is 1. The van der Waals surface area contributed by atoms with Crippen LogP contribution in [0.2, 0.25) is 0 Å². The molecule has 6 heteroatoms. The van der Waals surface area contributed by atoms with E-state index < -0.39 is 0 Å². The first-order valence-electron chi connectivity index (χ1n) is 6.98. The van der Waals surface area contributed by atoms with E-state index in [0.717, 1.165) is 0 Å². The molecule has 0 spiro atoms. The van der Waals surface area contributed by atoms with E-state index in [1.807, 2.05) is 0 Å². The molecule has 0 atom stereocenters. The molecule has 1 heterocycles. The number of methoxy groups -OCH3 is 3. The van der Waals surface area contributed by atoms with Gasteiger partial charge in [0.05, 0.1) is 37.6 Å². The van der Waals surface area contributed by atoms with Crippen LogP contribution in [0.25, 0.3) is 21.8 Å². The van der Waals surface area contributed by atoms with E-state index >= 15 is 0 Å². The summed E-state index contributed by atoms with van der Waals surface area (Å²) in [6.07, 6.45) is 0. The van der Waals surface area contributed by atoms with Crippen LogP contribution in [0.1, 0.15) is 0 Å². The first-order valence-corrected chi connectivity index (χ1v) is 6.98. The van der Waals surface area contributed by atoms with Crippen molar-refractivity contribution in [1.82, 2.24) is 4.57 Å². The second-order valence-corrected chi connectivity index (χ2v) is 5.10. The van der Waals surface area contributed by atoms with Gasteiger partial charge in [-0.1, -0.05) is 6.07 Å². The van der Waals surface area contributed by atoms with Gasteiger partial charge in [0.1, 0.15) is 17.0 Å². The number of phenols is 1. The number of aryl methyl sites for hydroxylation is 1. The predicted octanol–water partition coefficient (Wildman–Crippen LogP) is 2.42. The average molecular weight is 315 g/mol. The van der Waals surface area contributed by atoms with Crippen molar-refractivity contribution in [2.45, 2.75) is 0 Å². The minimum Gasteiger partial charge on any atom is -0.506 e. The smallest absolute Gasteiger partial charge is 0.201 e. The Kier molecular flexibility index (Phi) is 3.52. The molecule has 0 saturated heterocycles. The van der Waals surface area contributed by atoms with Crippen LogP contribution < -0.4 is 19.6 Å². The molecule has 0 aliphatic heterocycles. The van der Waals surface area contributed by atoms with Gasteiger partial charge in [-0.25, -0.2) is 0 Å². The van der Waals surface area contributed by atoms with Crippen molar-refractivity contribution in [3.05, 3.63) is 34.5 Å². The monoisotopic (exact) mass is 315 g/mol. The van der Waals surface area contributed by atoms with Crippen LogP contribution in [0.15, 0.2) is 29.1 Å². The molecule has 3 aromatic rings. The number of hydrogen-bond acceptors (Lipinski definition) is 5. The van der Waals surface area contributed by atoms with E-state index in [-0.39, 0.29) is 11.2 Å². The molecular formula is C17H17NO5. The Bertz CT molecular complexity index is 975. The van der Waals surface area contributed by atoms with Crippen LogP contribution in [0.5, 0.6) is 23.0 Å². The number of benzene rings is 2. The molecule has 2 aromatic carbocycles. The molecule has 0 radical (unpaired) electrons. The lowest BCUT2D eigenvalue weighted by atomic mass is 10.1. The molecule has 0 aliphatic rings. The third-order valence-corrected chi connectivity index (χ3v) is 3.99. The molecule has 23 heavy (non-hydrogen) atoms. The highest BCUT2D eigenvalue weighted by Crippen LogP contribution is 2.41. The summed E-state index contributed by atoms with van der Waals surface area (Å²) in [5.74, 6) is 1.27. The number of hydrogen-bond donors (Lipinski definition) is 1. The standard InChI is InChI=1S/C17H17NO5/c1-18-14-9(6-5-7-10(14)19)16(20)13-11(21-2)8-12(22-3)17(23-4)15(13)18/h5-8,19H,1-4H3. The molecule has 1 aromatic heterocycles. The zero-order valence-corrected chi connectivity index (χ0v) is 13.3. The van der Waals surface area contributed by atoms with E-state index in [9.17, 15) is 9.90 Å². The molecule has 120 valence electrons. The van der Waals surface area contributed by atoms with Crippen molar-refractivity contribution in [3.8, 4) is 23.0 Å². The third kappa shape index (κ3) is 1.98. The fourth-order valence-electron chi connectivity index (χ4n) is 2.97. The van der Waals surface area contributed by atoms with Crippen molar-refractivity contribution in [2.24, 2.45) is 7.05 Å². The zero-order valence-electron chi connectivity index (χ0n) is 13.3. The molecule has 0 aliphatic carbocycles. The SMILES string of the molecule is COc1cc(OC)c2c(=O)c3cccc(O)c3n(C)c2c1OC. The number of fused-ring (bicyclic) bond motifs is 2. The predicted molar refractivity (Wildman–Crippen MR) is 88.0 cm³/mol. The highest BCUT2D eigenvalue weighted by Gasteiger charge is 2.22. The third-order valence-electron chi connectivity index (χ3n) is 3.99. The van der Waals surface area contributed by atoms with E-state index in [2.05, 4.69) is 0 Å². The van der Waals surface area contributed by atoms with Crippen molar-refractivity contribution >= 4 is 21.8 Å². The van der Waals surface area contributed by atoms with Crippen LogP contribution in [-0.4, -0.2) is 31.0 Å². The minimum absolute atomic E-state index is 0.0211. The summed E-state index contributed by atoms with van der Waals surface area (Å²) in [5, 5.41) is 11.0. The van der Waals surface area contributed by atoms with E-state index in [1.54, 1.807) is 29.8 Å². The summed E-state index contributed by atoms with van der Waals surface area (Å²) in [4.78, 5) is 12.9. The molecular weight excluding hydrogens is 298 g/mol. The van der Waals surface area contributed by atoms with Gasteiger partial charge >= 0.3 is 0 Å². The molecule has 0 fully saturated rings. The number of pyridine rings is 1. The summed E-state index contributed by atoms with van der Waals surface area (Å²) < 4.78 is 17.9. The van der Waals surface area contributed by atoms with Gasteiger partial charge in [0, 0.05) is 13.1 Å². The largest absolute Gasteiger partial charge is 0.506 e. The van der Waals surface area contributed by atoms with Crippen molar-refractivity contribution in [2.75, 3.05) is 21.3 Å². The van der Waals surface area contributed by atoms with Crippen LogP contribution in [0.4, 0.5) is 0 Å². The second-order valence-electron chi connectivity index (χ2n) is 5.10. The van der Waals surface area contributed by atoms with Crippen LogP contribution in [0, 0.1) is 0 Å². The number of phenolic OH excluding ortho intramolecular Hbond substituents is 1. The van der Waals surface area contributed by atoms with E-state index in [0.29, 0.717) is 39.1 Å². The maximum absolute atomic E-state index is 12.9. The lowest BCUT2D eigenvalue weighted by molar-refractivity contribution is 0.352. The highest BCUT2D eigenvalue weighted by molar-refractivity contribution is 6.02. The Morgan fingerprint density at radius 2 is 1.70 bits per heavy atom. The van der Waals surface area contributed by atoms with Gasteiger partial charge < -0.3 is 23.9 Å². The van der Waals surface area contributed by atoms with Gasteiger partial charge in [0.25, 0.3) is 0 Å². The number of para-hydroxylation sites is 1. The first-order chi connectivity index (χ1) is 11.0. The second kappa shape index (κ2) is 5.39. The van der Waals surface area contributed by atoms with Gasteiger partial charge in [-0.05, 0) is 12.1 Å². The number of aromatic hydroxyl groups is 1. The van der Waals surface area contributed by atoms with Crippen LogP contribution in [0.3, 0.4) is 0 Å². The van der Waals surface area contributed by atoms with Gasteiger partial charge in [-0.2, -0.15) is 0 Å². The fourth-order valence-corrected chi connectivity index (χ4v) is 2.97. The Hall–Kier alpha value is -2.89. The number of ether oxygens (including phenoxy) is 3. The maximum atomic E-state index is 12.9. The van der Waals surface area contributed by atoms with Gasteiger partial charge in [0.2, 0.25) is 5.43 Å². The van der Waals surface area contributed by atoms with Crippen molar-refractivity contribution in [1.29, 1.82) is 0 Å². The molecule has 0 bridgehead atoms. The summed E-state index contributed by atoms with van der Waals surface area (Å²) in [5.41, 5.74) is 0.697. The summed E-state index contributed by atoms with van der Waals surface area (Å²) in [6, 6.07) is 6.47. The number of aromatic nitrogens is 1. The molecule has 0 unspecified atom stereocenters. The van der Waals surface area contributed by atoms with Crippen LogP contribution >= 0.6 is 0 Å². The van der Waals surface area contributed by atoms with E-state index in [4.69, 9.17) is 14.2 Å². The first kappa shape index (κ1) is 15.0. The summed E-state index contributed by atoms with van der Waals surface area (Å²) in [6.45, 7) is 0. The maximum Gasteiger partial charge on any atom is 0.201 e. The van der Waals surface area contributed by atoms with Crippen LogP contribution in [-0.2, 0) is 7.05 Å². The average Bonchev–Trinajstić information content (AvgIpc) is 2.57. The molecule has 6 nitrogen and oxygen atoms in total. The van der Waals surface area contributed by atoms with Gasteiger partial charge in [-0.3, -0.25) is 4.79 Å². The normalized spacial score (nSPS) is 11.0. The molecule has 3 rings (SSSR count). The molecule has 1 N–H and O–H groups in total. The van der Waals surface area contributed by atoms with Crippen molar-refractivity contribution < 1.29 is 19.3 Å². The van der Waals surface area contributed by atoms with Gasteiger partial charge in [-0.15, -0.1) is 0 Å². The topological polar surface area (TPSA) is 69.9 Å². The van der Waals surface area contributed by atoms with Gasteiger partial charge in [0.15, 0.2) is 11.5 Å². The lowest BCUT2D eigenvalue weighted by Gasteiger charge is -2.18. The fraction of sp³-hybridized carbons (Fsp3) is 0.235. The summed E-state index contributed by atoms with van der Waals surface area (Å²) in [7, 11) is 6.26. The highest BCUT2D eigenvalue weighted by atomic mass is 16.5. The molecule has 0 amide bonds. The quantitative estimate of drug-likeness (QED) is 0.752. The zero-order chi connectivity index (χ0) is 16.7. The minimum atomic E-state index is -0.234.